The molecule has 3 aromatic carbocycles. The standard InChI is InChI=1S/C32H34N4/c1-31(2,3)25-14-10-21(11-15-25)29-33-19-27(35-29)23-8-7-9-24(18-23)28-20-34-30(36-28)22-12-16-26(17-13-22)32(4,5)6/h7-20H,1-6H3,(H,33,35)(H,34,36). The van der Waals surface area contributed by atoms with Gasteiger partial charge in [0.05, 0.1) is 11.4 Å². The molecule has 0 saturated heterocycles. The second-order valence-electron chi connectivity index (χ2n) is 11.5. The smallest absolute Gasteiger partial charge is 0.138 e. The quantitative estimate of drug-likeness (QED) is 0.275. The van der Waals surface area contributed by atoms with Crippen LogP contribution in [0.2, 0.25) is 0 Å². The Morgan fingerprint density at radius 1 is 0.500 bits per heavy atom. The number of imidazole rings is 2. The number of nitrogens with zero attached hydrogens (tertiary/aromatic N) is 2. The summed E-state index contributed by atoms with van der Waals surface area (Å²) in [5, 5.41) is 0. The van der Waals surface area contributed by atoms with E-state index in [0.29, 0.717) is 0 Å². The molecule has 4 nitrogen and oxygen atoms in total. The van der Waals surface area contributed by atoms with Crippen molar-refractivity contribution in [2.45, 2.75) is 52.4 Å². The Labute approximate surface area is 213 Å². The lowest BCUT2D eigenvalue weighted by atomic mass is 9.87. The summed E-state index contributed by atoms with van der Waals surface area (Å²) < 4.78 is 0. The second kappa shape index (κ2) is 8.94. The van der Waals surface area contributed by atoms with Crippen molar-refractivity contribution in [2.24, 2.45) is 0 Å². The Bertz CT molecular complexity index is 1360. The molecule has 0 atom stereocenters. The highest BCUT2D eigenvalue weighted by atomic mass is 14.9. The predicted molar refractivity (Wildman–Crippen MR) is 150 cm³/mol. The third kappa shape index (κ3) is 4.90. The van der Waals surface area contributed by atoms with Crippen LogP contribution in [0.3, 0.4) is 0 Å². The molecule has 0 fully saturated rings. The lowest BCUT2D eigenvalue weighted by Crippen LogP contribution is -2.10. The summed E-state index contributed by atoms with van der Waals surface area (Å²) >= 11 is 0. The van der Waals surface area contributed by atoms with Gasteiger partial charge in [0.15, 0.2) is 0 Å². The van der Waals surface area contributed by atoms with Crippen LogP contribution >= 0.6 is 0 Å². The van der Waals surface area contributed by atoms with E-state index in [0.717, 1.165) is 45.3 Å². The Balaban J connectivity index is 1.38. The number of aromatic amines is 2. The normalized spacial score (nSPS) is 12.2. The Hall–Kier alpha value is -3.92. The average molecular weight is 475 g/mol. The van der Waals surface area contributed by atoms with Crippen molar-refractivity contribution in [3.05, 3.63) is 96.3 Å². The predicted octanol–water partition coefficient (Wildman–Crippen LogP) is 8.40. The first-order valence-electron chi connectivity index (χ1n) is 12.5. The molecule has 0 aliphatic carbocycles. The minimum absolute atomic E-state index is 0.134. The van der Waals surface area contributed by atoms with Crippen LogP contribution in [0.5, 0.6) is 0 Å². The van der Waals surface area contributed by atoms with E-state index < -0.39 is 0 Å². The van der Waals surface area contributed by atoms with Gasteiger partial charge in [-0.25, -0.2) is 9.97 Å². The van der Waals surface area contributed by atoms with Crippen LogP contribution in [0.15, 0.2) is 85.2 Å². The lowest BCUT2D eigenvalue weighted by Gasteiger charge is -2.18. The van der Waals surface area contributed by atoms with Gasteiger partial charge in [0, 0.05) is 34.6 Å². The van der Waals surface area contributed by atoms with Crippen molar-refractivity contribution in [3.8, 4) is 45.3 Å². The summed E-state index contributed by atoms with van der Waals surface area (Å²) in [4.78, 5) is 16.4. The molecule has 0 amide bonds. The van der Waals surface area contributed by atoms with Gasteiger partial charge in [-0.05, 0) is 28.0 Å². The molecule has 5 rings (SSSR count). The first-order chi connectivity index (χ1) is 17.1. The van der Waals surface area contributed by atoms with Crippen LogP contribution < -0.4 is 0 Å². The Morgan fingerprint density at radius 3 is 1.25 bits per heavy atom. The van der Waals surface area contributed by atoms with Crippen LogP contribution in [0.25, 0.3) is 45.3 Å². The second-order valence-corrected chi connectivity index (χ2v) is 11.5. The van der Waals surface area contributed by atoms with E-state index in [-0.39, 0.29) is 10.8 Å². The van der Waals surface area contributed by atoms with Gasteiger partial charge in [-0.3, -0.25) is 0 Å². The van der Waals surface area contributed by atoms with Crippen molar-refractivity contribution in [1.82, 2.24) is 19.9 Å². The highest BCUT2D eigenvalue weighted by molar-refractivity contribution is 5.72. The third-order valence-corrected chi connectivity index (χ3v) is 6.66. The molecule has 0 bridgehead atoms. The number of aromatic nitrogens is 4. The van der Waals surface area contributed by atoms with Crippen LogP contribution in [-0.4, -0.2) is 19.9 Å². The molecular weight excluding hydrogens is 440 g/mol. The molecule has 2 heterocycles. The molecule has 0 aliphatic rings. The zero-order chi connectivity index (χ0) is 25.5. The summed E-state index contributed by atoms with van der Waals surface area (Å²) in [5.74, 6) is 1.74. The molecule has 5 aromatic rings. The molecule has 182 valence electrons. The molecule has 36 heavy (non-hydrogen) atoms. The molecular formula is C32H34N4. The van der Waals surface area contributed by atoms with E-state index in [1.54, 1.807) is 0 Å². The third-order valence-electron chi connectivity index (χ3n) is 6.66. The fraction of sp³-hybridized carbons (Fsp3) is 0.250. The average Bonchev–Trinajstić information content (AvgIpc) is 3.54. The molecule has 0 spiro atoms. The number of nitrogens with one attached hydrogen (secondary N) is 2. The van der Waals surface area contributed by atoms with Crippen LogP contribution in [0, 0.1) is 0 Å². The van der Waals surface area contributed by atoms with E-state index >= 15 is 0 Å². The molecule has 0 unspecified atom stereocenters. The Morgan fingerprint density at radius 2 is 0.889 bits per heavy atom. The fourth-order valence-corrected chi connectivity index (χ4v) is 4.33. The van der Waals surface area contributed by atoms with Crippen molar-refractivity contribution in [2.75, 3.05) is 0 Å². The van der Waals surface area contributed by atoms with Crippen LogP contribution in [0.4, 0.5) is 0 Å². The topological polar surface area (TPSA) is 57.4 Å². The number of rotatable bonds is 4. The maximum atomic E-state index is 4.87. The maximum Gasteiger partial charge on any atom is 0.138 e. The summed E-state index contributed by atoms with van der Waals surface area (Å²) in [6.45, 7) is 13.4. The maximum absolute atomic E-state index is 4.87. The van der Waals surface area contributed by atoms with Crippen molar-refractivity contribution in [3.63, 3.8) is 0 Å². The zero-order valence-corrected chi connectivity index (χ0v) is 22.0. The summed E-state index contributed by atoms with van der Waals surface area (Å²) in [6, 6.07) is 25.7. The monoisotopic (exact) mass is 474 g/mol. The number of hydrogen-bond donors (Lipinski definition) is 2. The first-order valence-corrected chi connectivity index (χ1v) is 12.5. The van der Waals surface area contributed by atoms with Crippen molar-refractivity contribution < 1.29 is 0 Å². The van der Waals surface area contributed by atoms with Gasteiger partial charge in [-0.2, -0.15) is 0 Å². The number of hydrogen-bond acceptors (Lipinski definition) is 2. The van der Waals surface area contributed by atoms with E-state index in [4.69, 9.17) is 9.97 Å². The SMILES string of the molecule is CC(C)(C)c1ccc(-c2nc(-c3cccc(-c4c[nH]c(-c5ccc(C(C)(C)C)cc5)n4)c3)c[nH]2)cc1. The van der Waals surface area contributed by atoms with Gasteiger partial charge in [0.25, 0.3) is 0 Å². The molecule has 0 radical (unpaired) electrons. The molecule has 0 aliphatic heterocycles. The molecule has 2 N–H and O–H groups in total. The summed E-state index contributed by atoms with van der Waals surface area (Å²) in [7, 11) is 0. The number of H-pyrrole nitrogens is 2. The first kappa shape index (κ1) is 23.8. The van der Waals surface area contributed by atoms with E-state index in [1.165, 1.54) is 11.1 Å². The minimum Gasteiger partial charge on any atom is -0.344 e. The summed E-state index contributed by atoms with van der Waals surface area (Å²) in [6.07, 6.45) is 3.94. The van der Waals surface area contributed by atoms with Crippen LogP contribution in [0.1, 0.15) is 52.7 Å². The van der Waals surface area contributed by atoms with Crippen molar-refractivity contribution in [1.29, 1.82) is 0 Å². The van der Waals surface area contributed by atoms with Crippen molar-refractivity contribution >= 4 is 0 Å². The Kier molecular flexibility index (Phi) is 5.91. The van der Waals surface area contributed by atoms with Gasteiger partial charge in [0.2, 0.25) is 0 Å². The number of benzene rings is 3. The minimum atomic E-state index is 0.134. The fourth-order valence-electron chi connectivity index (χ4n) is 4.33. The van der Waals surface area contributed by atoms with Gasteiger partial charge < -0.3 is 9.97 Å². The molecule has 0 saturated carbocycles. The van der Waals surface area contributed by atoms with Gasteiger partial charge >= 0.3 is 0 Å². The highest BCUT2D eigenvalue weighted by Gasteiger charge is 2.15. The lowest BCUT2D eigenvalue weighted by molar-refractivity contribution is 0.590. The van der Waals surface area contributed by atoms with Gasteiger partial charge in [-0.1, -0.05) is 108 Å². The van der Waals surface area contributed by atoms with Gasteiger partial charge in [-0.15, -0.1) is 0 Å². The summed E-state index contributed by atoms with van der Waals surface area (Å²) in [5.41, 5.74) is 9.01. The van der Waals surface area contributed by atoms with Gasteiger partial charge in [0.1, 0.15) is 11.6 Å². The van der Waals surface area contributed by atoms with Crippen LogP contribution in [-0.2, 0) is 10.8 Å². The van der Waals surface area contributed by atoms with E-state index in [2.05, 4.69) is 124 Å². The zero-order valence-electron chi connectivity index (χ0n) is 22.0. The van der Waals surface area contributed by atoms with E-state index in [1.807, 2.05) is 12.4 Å². The molecule has 2 aromatic heterocycles. The molecule has 4 heteroatoms. The van der Waals surface area contributed by atoms with E-state index in [9.17, 15) is 0 Å². The largest absolute Gasteiger partial charge is 0.344 e. The highest BCUT2D eigenvalue weighted by Crippen LogP contribution is 2.30.